The first-order valence-electron chi connectivity index (χ1n) is 9.12. The van der Waals surface area contributed by atoms with E-state index in [2.05, 4.69) is 10.6 Å². The van der Waals surface area contributed by atoms with Gasteiger partial charge in [-0.3, -0.25) is 10.6 Å². The molecule has 1 heterocycles. The van der Waals surface area contributed by atoms with Crippen molar-refractivity contribution in [2.24, 2.45) is 0 Å². The van der Waals surface area contributed by atoms with Gasteiger partial charge >= 0.3 is 11.9 Å². The number of esters is 2. The third-order valence-corrected chi connectivity index (χ3v) is 4.56. The zero-order valence-corrected chi connectivity index (χ0v) is 15.5. The molecule has 0 radical (unpaired) electrons. The minimum Gasteiger partial charge on any atom is -0.463 e. The molecule has 0 bridgehead atoms. The molecule has 0 aromatic heterocycles. The van der Waals surface area contributed by atoms with Crippen LogP contribution in [0.25, 0.3) is 0 Å². The highest BCUT2D eigenvalue weighted by Crippen LogP contribution is 2.37. The van der Waals surface area contributed by atoms with Gasteiger partial charge in [-0.05, 0) is 25.0 Å². The first-order chi connectivity index (χ1) is 13.1. The SMILES string of the molecule is CCOC(=O)C1(C(=O)OCC)N[C@@H](c2ccccc2)[C@H](c2ccccc2)N1. The van der Waals surface area contributed by atoms with Crippen molar-refractivity contribution in [1.82, 2.24) is 10.6 Å². The number of hydrogen-bond acceptors (Lipinski definition) is 6. The summed E-state index contributed by atoms with van der Waals surface area (Å²) in [6.07, 6.45) is 0. The number of nitrogens with one attached hydrogen (secondary N) is 2. The van der Waals surface area contributed by atoms with Crippen molar-refractivity contribution < 1.29 is 19.1 Å². The fourth-order valence-corrected chi connectivity index (χ4v) is 3.34. The lowest BCUT2D eigenvalue weighted by Crippen LogP contribution is -2.63. The average Bonchev–Trinajstić information content (AvgIpc) is 3.12. The first-order valence-corrected chi connectivity index (χ1v) is 9.12. The van der Waals surface area contributed by atoms with E-state index in [9.17, 15) is 9.59 Å². The summed E-state index contributed by atoms with van der Waals surface area (Å²) in [4.78, 5) is 25.6. The van der Waals surface area contributed by atoms with Crippen LogP contribution in [-0.2, 0) is 19.1 Å². The molecule has 2 aromatic rings. The lowest BCUT2D eigenvalue weighted by molar-refractivity contribution is -0.167. The standard InChI is InChI=1S/C21H24N2O4/c1-3-26-19(24)21(20(25)27-4-2)22-17(15-11-7-5-8-12-15)18(23-21)16-13-9-6-10-14-16/h5-14,17-18,22-23H,3-4H2,1-2H3/t17-,18-/m0/s1. The Morgan fingerprint density at radius 1 is 0.778 bits per heavy atom. The van der Waals surface area contributed by atoms with Gasteiger partial charge in [-0.2, -0.15) is 0 Å². The van der Waals surface area contributed by atoms with Crippen LogP contribution in [0.1, 0.15) is 37.1 Å². The Kier molecular flexibility index (Phi) is 5.88. The van der Waals surface area contributed by atoms with E-state index in [0.717, 1.165) is 11.1 Å². The number of rotatable bonds is 6. The van der Waals surface area contributed by atoms with Crippen LogP contribution in [0, 0.1) is 0 Å². The Morgan fingerprint density at radius 3 is 1.48 bits per heavy atom. The predicted octanol–water partition coefficient (Wildman–Crippen LogP) is 2.48. The molecule has 0 amide bonds. The van der Waals surface area contributed by atoms with E-state index < -0.39 is 17.6 Å². The van der Waals surface area contributed by atoms with E-state index in [1.165, 1.54) is 0 Å². The molecule has 0 spiro atoms. The minimum atomic E-state index is -1.76. The zero-order chi connectivity index (χ0) is 19.3. The molecule has 1 saturated heterocycles. The number of carbonyl (C=O) groups is 2. The van der Waals surface area contributed by atoms with Crippen molar-refractivity contribution in [2.75, 3.05) is 13.2 Å². The van der Waals surface area contributed by atoms with Crippen molar-refractivity contribution in [3.8, 4) is 0 Å². The molecule has 0 unspecified atom stereocenters. The lowest BCUT2D eigenvalue weighted by atomic mass is 9.95. The van der Waals surface area contributed by atoms with Crippen molar-refractivity contribution in [3.05, 3.63) is 71.8 Å². The van der Waals surface area contributed by atoms with Crippen LogP contribution in [0.4, 0.5) is 0 Å². The third-order valence-electron chi connectivity index (χ3n) is 4.56. The largest absolute Gasteiger partial charge is 0.463 e. The van der Waals surface area contributed by atoms with Gasteiger partial charge in [-0.1, -0.05) is 60.7 Å². The normalized spacial score (nSPS) is 20.8. The van der Waals surface area contributed by atoms with Crippen LogP contribution >= 0.6 is 0 Å². The van der Waals surface area contributed by atoms with Crippen LogP contribution in [0.3, 0.4) is 0 Å². The first kappa shape index (κ1) is 19.1. The molecule has 1 fully saturated rings. The maximum absolute atomic E-state index is 12.8. The number of carbonyl (C=O) groups excluding carboxylic acids is 2. The van der Waals surface area contributed by atoms with Gasteiger partial charge in [0.05, 0.1) is 25.3 Å². The Labute approximate surface area is 158 Å². The number of benzene rings is 2. The molecule has 2 atom stereocenters. The Balaban J connectivity index is 2.06. The molecule has 3 rings (SSSR count). The van der Waals surface area contributed by atoms with Crippen LogP contribution in [0.5, 0.6) is 0 Å². The van der Waals surface area contributed by atoms with Gasteiger partial charge in [0.1, 0.15) is 0 Å². The quantitative estimate of drug-likeness (QED) is 0.603. The number of hydrogen-bond donors (Lipinski definition) is 2. The lowest BCUT2D eigenvalue weighted by Gasteiger charge is -2.25. The molecular formula is C21H24N2O4. The van der Waals surface area contributed by atoms with Crippen LogP contribution < -0.4 is 10.6 Å². The van der Waals surface area contributed by atoms with Crippen LogP contribution in [0.15, 0.2) is 60.7 Å². The topological polar surface area (TPSA) is 76.7 Å². The Morgan fingerprint density at radius 2 is 1.15 bits per heavy atom. The molecule has 2 aromatic carbocycles. The second-order valence-corrected chi connectivity index (χ2v) is 6.26. The van der Waals surface area contributed by atoms with Crippen molar-refractivity contribution in [3.63, 3.8) is 0 Å². The molecule has 1 aliphatic rings. The molecule has 142 valence electrons. The highest BCUT2D eigenvalue weighted by Gasteiger charge is 2.58. The molecule has 0 aliphatic carbocycles. The molecule has 0 saturated carbocycles. The van der Waals surface area contributed by atoms with Gasteiger partial charge in [0.15, 0.2) is 0 Å². The molecule has 1 aliphatic heterocycles. The fourth-order valence-electron chi connectivity index (χ4n) is 3.34. The highest BCUT2D eigenvalue weighted by molar-refractivity contribution is 6.05. The zero-order valence-electron chi connectivity index (χ0n) is 15.5. The maximum Gasteiger partial charge on any atom is 0.353 e. The van der Waals surface area contributed by atoms with Crippen LogP contribution in [-0.4, -0.2) is 30.8 Å². The number of ether oxygens (including phenoxy) is 2. The summed E-state index contributed by atoms with van der Waals surface area (Å²) < 4.78 is 10.4. The monoisotopic (exact) mass is 368 g/mol. The van der Waals surface area contributed by atoms with Crippen molar-refractivity contribution >= 4 is 11.9 Å². The molecule has 6 nitrogen and oxygen atoms in total. The van der Waals surface area contributed by atoms with E-state index in [1.54, 1.807) is 13.8 Å². The van der Waals surface area contributed by atoms with Gasteiger partial charge in [-0.25, -0.2) is 9.59 Å². The highest BCUT2D eigenvalue weighted by atomic mass is 16.6. The smallest absolute Gasteiger partial charge is 0.353 e. The van der Waals surface area contributed by atoms with Gasteiger partial charge in [0.25, 0.3) is 5.66 Å². The summed E-state index contributed by atoms with van der Waals surface area (Å²) >= 11 is 0. The Hall–Kier alpha value is -2.70. The van der Waals surface area contributed by atoms with Crippen LogP contribution in [0.2, 0.25) is 0 Å². The van der Waals surface area contributed by atoms with E-state index in [1.807, 2.05) is 60.7 Å². The second-order valence-electron chi connectivity index (χ2n) is 6.26. The molecule has 6 heteroatoms. The average molecular weight is 368 g/mol. The predicted molar refractivity (Wildman–Crippen MR) is 101 cm³/mol. The van der Waals surface area contributed by atoms with E-state index in [4.69, 9.17) is 9.47 Å². The third kappa shape index (κ3) is 3.72. The van der Waals surface area contributed by atoms with E-state index in [-0.39, 0.29) is 25.3 Å². The van der Waals surface area contributed by atoms with Crippen molar-refractivity contribution in [1.29, 1.82) is 0 Å². The fraction of sp³-hybridized carbons (Fsp3) is 0.333. The van der Waals surface area contributed by atoms with E-state index in [0.29, 0.717) is 0 Å². The van der Waals surface area contributed by atoms with Gasteiger partial charge < -0.3 is 9.47 Å². The Bertz CT molecular complexity index is 712. The van der Waals surface area contributed by atoms with Gasteiger partial charge in [0, 0.05) is 0 Å². The summed E-state index contributed by atoms with van der Waals surface area (Å²) in [5, 5.41) is 6.36. The summed E-state index contributed by atoms with van der Waals surface area (Å²) in [5.74, 6) is -1.38. The van der Waals surface area contributed by atoms with Gasteiger partial charge in [-0.15, -0.1) is 0 Å². The summed E-state index contributed by atoms with van der Waals surface area (Å²) in [6, 6.07) is 18.8. The molecule has 27 heavy (non-hydrogen) atoms. The summed E-state index contributed by atoms with van der Waals surface area (Å²) in [6.45, 7) is 3.73. The van der Waals surface area contributed by atoms with Gasteiger partial charge in [0.2, 0.25) is 0 Å². The summed E-state index contributed by atoms with van der Waals surface area (Å²) in [5.41, 5.74) is 0.149. The molecule has 2 N–H and O–H groups in total. The second kappa shape index (κ2) is 8.33. The van der Waals surface area contributed by atoms with Crippen molar-refractivity contribution in [2.45, 2.75) is 31.6 Å². The summed E-state index contributed by atoms with van der Waals surface area (Å²) in [7, 11) is 0. The molecular weight excluding hydrogens is 344 g/mol. The maximum atomic E-state index is 12.8. The van der Waals surface area contributed by atoms with E-state index >= 15 is 0 Å². The minimum absolute atomic E-state index is 0.162.